The largest absolute Gasteiger partial charge is 0.348 e. The third-order valence-corrected chi connectivity index (χ3v) is 3.50. The Morgan fingerprint density at radius 1 is 1.39 bits per heavy atom. The van der Waals surface area contributed by atoms with Gasteiger partial charge in [-0.05, 0) is 32.4 Å². The molecule has 122 valence electrons. The molecule has 1 N–H and O–H groups in total. The highest BCUT2D eigenvalue weighted by atomic mass is 19.1. The Morgan fingerprint density at radius 3 is 2.74 bits per heavy atom. The second kappa shape index (κ2) is 7.17. The summed E-state index contributed by atoms with van der Waals surface area (Å²) in [6.07, 6.45) is 1.72. The number of hydrogen-bond donors (Lipinski definition) is 1. The summed E-state index contributed by atoms with van der Waals surface area (Å²) < 4.78 is 15.2. The van der Waals surface area contributed by atoms with Crippen LogP contribution in [0.25, 0.3) is 5.69 Å². The molecule has 0 saturated carbocycles. The summed E-state index contributed by atoms with van der Waals surface area (Å²) in [5.74, 6) is -1.02. The molecule has 0 bridgehead atoms. The minimum Gasteiger partial charge on any atom is -0.348 e. The second-order valence-electron chi connectivity index (χ2n) is 5.52. The summed E-state index contributed by atoms with van der Waals surface area (Å²) in [6.45, 7) is 5.52. The van der Waals surface area contributed by atoms with Crippen molar-refractivity contribution in [3.63, 3.8) is 0 Å². The normalized spacial score (nSPS) is 12.0. The van der Waals surface area contributed by atoms with Gasteiger partial charge in [0.2, 0.25) is 5.43 Å². The SMILES string of the molecule is CCC[C@@H](C)NC(=O)c1nn(-c2ccccc2F)c(C)cc1=O. The van der Waals surface area contributed by atoms with Crippen molar-refractivity contribution in [3.8, 4) is 5.69 Å². The van der Waals surface area contributed by atoms with Gasteiger partial charge in [-0.15, -0.1) is 0 Å². The van der Waals surface area contributed by atoms with Gasteiger partial charge < -0.3 is 5.32 Å². The van der Waals surface area contributed by atoms with E-state index in [0.29, 0.717) is 5.69 Å². The Morgan fingerprint density at radius 2 is 2.09 bits per heavy atom. The van der Waals surface area contributed by atoms with E-state index in [1.807, 2.05) is 13.8 Å². The third kappa shape index (κ3) is 3.83. The predicted octanol–water partition coefficient (Wildman–Crippen LogP) is 2.60. The van der Waals surface area contributed by atoms with Gasteiger partial charge >= 0.3 is 0 Å². The zero-order valence-electron chi connectivity index (χ0n) is 13.5. The van der Waals surface area contributed by atoms with Crippen LogP contribution in [0.5, 0.6) is 0 Å². The highest BCUT2D eigenvalue weighted by Gasteiger charge is 2.17. The number of para-hydroxylation sites is 1. The van der Waals surface area contributed by atoms with Gasteiger partial charge in [0, 0.05) is 17.8 Å². The molecular weight excluding hydrogens is 297 g/mol. The van der Waals surface area contributed by atoms with E-state index in [0.717, 1.165) is 12.8 Å². The fourth-order valence-corrected chi connectivity index (χ4v) is 2.37. The van der Waals surface area contributed by atoms with Crippen LogP contribution in [0.4, 0.5) is 4.39 Å². The summed E-state index contributed by atoms with van der Waals surface area (Å²) in [5.41, 5.74) is -0.0583. The van der Waals surface area contributed by atoms with E-state index in [1.165, 1.54) is 16.8 Å². The lowest BCUT2D eigenvalue weighted by Gasteiger charge is -2.14. The number of carbonyl (C=O) groups is 1. The second-order valence-corrected chi connectivity index (χ2v) is 5.52. The molecule has 0 unspecified atom stereocenters. The maximum atomic E-state index is 14.0. The molecule has 0 aliphatic heterocycles. The van der Waals surface area contributed by atoms with Crippen molar-refractivity contribution >= 4 is 5.91 Å². The number of benzene rings is 1. The lowest BCUT2D eigenvalue weighted by Crippen LogP contribution is -2.37. The van der Waals surface area contributed by atoms with Gasteiger partial charge in [0.1, 0.15) is 11.5 Å². The average Bonchev–Trinajstić information content (AvgIpc) is 2.48. The molecule has 1 heterocycles. The monoisotopic (exact) mass is 317 g/mol. The van der Waals surface area contributed by atoms with Gasteiger partial charge in [-0.2, -0.15) is 5.10 Å². The molecule has 23 heavy (non-hydrogen) atoms. The van der Waals surface area contributed by atoms with Crippen molar-refractivity contribution in [2.24, 2.45) is 0 Å². The van der Waals surface area contributed by atoms with E-state index in [2.05, 4.69) is 10.4 Å². The molecule has 0 radical (unpaired) electrons. The molecule has 2 aromatic rings. The van der Waals surface area contributed by atoms with Crippen LogP contribution in [-0.4, -0.2) is 21.7 Å². The van der Waals surface area contributed by atoms with E-state index < -0.39 is 17.2 Å². The number of amides is 1. The van der Waals surface area contributed by atoms with Crippen molar-refractivity contribution in [3.05, 3.63) is 57.8 Å². The van der Waals surface area contributed by atoms with Crippen LogP contribution in [0.15, 0.2) is 35.1 Å². The minimum atomic E-state index is -0.541. The maximum Gasteiger partial charge on any atom is 0.276 e. The van der Waals surface area contributed by atoms with Crippen molar-refractivity contribution < 1.29 is 9.18 Å². The van der Waals surface area contributed by atoms with Gasteiger partial charge in [0.25, 0.3) is 5.91 Å². The highest BCUT2D eigenvalue weighted by Crippen LogP contribution is 2.13. The summed E-state index contributed by atoms with van der Waals surface area (Å²) in [6, 6.07) is 7.31. The first-order chi connectivity index (χ1) is 10.9. The lowest BCUT2D eigenvalue weighted by atomic mass is 10.2. The first kappa shape index (κ1) is 16.9. The first-order valence-corrected chi connectivity index (χ1v) is 7.60. The van der Waals surface area contributed by atoms with Crippen LogP contribution >= 0.6 is 0 Å². The van der Waals surface area contributed by atoms with Crippen LogP contribution in [0, 0.1) is 12.7 Å². The van der Waals surface area contributed by atoms with Crippen LogP contribution in [0.1, 0.15) is 42.9 Å². The standard InChI is InChI=1S/C17H20FN3O2/c1-4-7-11(2)19-17(23)16-15(22)10-12(3)21(20-16)14-9-6-5-8-13(14)18/h5-6,8-11H,4,7H2,1-3H3,(H,19,23)/t11-/m1/s1. The minimum absolute atomic E-state index is 0.0584. The van der Waals surface area contributed by atoms with E-state index in [1.54, 1.807) is 25.1 Å². The number of nitrogens with zero attached hydrogens (tertiary/aromatic N) is 2. The van der Waals surface area contributed by atoms with E-state index in [9.17, 15) is 14.0 Å². The summed E-state index contributed by atoms with van der Waals surface area (Å²) in [4.78, 5) is 24.3. The Kier molecular flexibility index (Phi) is 5.26. The average molecular weight is 317 g/mol. The van der Waals surface area contributed by atoms with Crippen molar-refractivity contribution in [1.82, 2.24) is 15.1 Å². The molecule has 0 aliphatic rings. The van der Waals surface area contributed by atoms with E-state index >= 15 is 0 Å². The number of aryl methyl sites for hydroxylation is 1. The van der Waals surface area contributed by atoms with Gasteiger partial charge in [-0.25, -0.2) is 9.07 Å². The first-order valence-electron chi connectivity index (χ1n) is 7.60. The predicted molar refractivity (Wildman–Crippen MR) is 86.4 cm³/mol. The fraction of sp³-hybridized carbons (Fsp3) is 0.353. The van der Waals surface area contributed by atoms with Crippen LogP contribution < -0.4 is 10.7 Å². The molecule has 1 aromatic heterocycles. The molecular formula is C17H20FN3O2. The van der Waals surface area contributed by atoms with Crippen LogP contribution in [-0.2, 0) is 0 Å². The molecule has 5 nitrogen and oxygen atoms in total. The Hall–Kier alpha value is -2.50. The van der Waals surface area contributed by atoms with Gasteiger partial charge in [0.05, 0.1) is 0 Å². The zero-order chi connectivity index (χ0) is 17.0. The summed E-state index contributed by atoms with van der Waals surface area (Å²) in [7, 11) is 0. The zero-order valence-corrected chi connectivity index (χ0v) is 13.5. The van der Waals surface area contributed by atoms with Crippen molar-refractivity contribution in [2.75, 3.05) is 0 Å². The molecule has 2 rings (SSSR count). The summed E-state index contributed by atoms with van der Waals surface area (Å²) >= 11 is 0. The smallest absolute Gasteiger partial charge is 0.276 e. The molecule has 1 atom stereocenters. The molecule has 0 saturated heterocycles. The van der Waals surface area contributed by atoms with Gasteiger partial charge in [-0.3, -0.25) is 9.59 Å². The fourth-order valence-electron chi connectivity index (χ4n) is 2.37. The molecule has 1 amide bonds. The highest BCUT2D eigenvalue weighted by molar-refractivity contribution is 5.92. The van der Waals surface area contributed by atoms with E-state index in [4.69, 9.17) is 0 Å². The number of aromatic nitrogens is 2. The Balaban J connectivity index is 2.43. The quantitative estimate of drug-likeness (QED) is 0.922. The molecule has 0 fully saturated rings. The van der Waals surface area contributed by atoms with Crippen molar-refractivity contribution in [1.29, 1.82) is 0 Å². The van der Waals surface area contributed by atoms with Crippen LogP contribution in [0.2, 0.25) is 0 Å². The van der Waals surface area contributed by atoms with Crippen LogP contribution in [0.3, 0.4) is 0 Å². The number of hydrogen-bond acceptors (Lipinski definition) is 3. The lowest BCUT2D eigenvalue weighted by molar-refractivity contribution is 0.0930. The topological polar surface area (TPSA) is 64.0 Å². The number of nitrogens with one attached hydrogen (secondary N) is 1. The maximum absolute atomic E-state index is 14.0. The molecule has 6 heteroatoms. The molecule has 1 aromatic carbocycles. The number of carbonyl (C=O) groups excluding carboxylic acids is 1. The summed E-state index contributed by atoms with van der Waals surface area (Å²) in [5, 5.41) is 6.81. The van der Waals surface area contributed by atoms with E-state index in [-0.39, 0.29) is 17.4 Å². The number of rotatable bonds is 5. The Labute approximate surface area is 134 Å². The Bertz CT molecular complexity index is 771. The van der Waals surface area contributed by atoms with Gasteiger partial charge in [-0.1, -0.05) is 25.5 Å². The third-order valence-electron chi connectivity index (χ3n) is 3.50. The van der Waals surface area contributed by atoms with Gasteiger partial charge in [0.15, 0.2) is 5.69 Å². The van der Waals surface area contributed by atoms with Crippen molar-refractivity contribution in [2.45, 2.75) is 39.7 Å². The number of halogens is 1. The molecule has 0 spiro atoms. The molecule has 0 aliphatic carbocycles.